The average molecular weight is 250 g/mol. The number of nitrogens with two attached hydrogens (primary N) is 1. The smallest absolute Gasteiger partial charge is 0.303 e. The van der Waals surface area contributed by atoms with Crippen LogP contribution in [-0.2, 0) is 19.6 Å². The molecular weight excluding hydrogens is 236 g/mol. The summed E-state index contributed by atoms with van der Waals surface area (Å²) in [6.07, 6.45) is 0.175. The second-order valence-electron chi connectivity index (χ2n) is 3.75. The van der Waals surface area contributed by atoms with Crippen LogP contribution in [0.5, 0.6) is 0 Å². The van der Waals surface area contributed by atoms with Gasteiger partial charge in [-0.3, -0.25) is 9.59 Å². The summed E-state index contributed by atoms with van der Waals surface area (Å²) in [6.45, 7) is 0.328. The molecule has 7 nitrogen and oxygen atoms in total. The molecule has 1 atom stereocenters. The molecule has 1 amide bonds. The van der Waals surface area contributed by atoms with E-state index in [1.807, 2.05) is 0 Å². The standard InChI is InChI=1S/C8H14N2O5S/c9-16(14,15)6-4-7(11)10(5-6)3-1-2-8(12)13/h6H,1-5H2,(H,12,13)(H2,9,14,15). The average Bonchev–Trinajstić information content (AvgIpc) is 2.46. The van der Waals surface area contributed by atoms with E-state index in [2.05, 4.69) is 0 Å². The molecule has 0 aliphatic carbocycles. The summed E-state index contributed by atoms with van der Waals surface area (Å²) in [7, 11) is -3.69. The third-order valence-electron chi connectivity index (χ3n) is 2.46. The van der Waals surface area contributed by atoms with Crippen LogP contribution in [0.4, 0.5) is 0 Å². The van der Waals surface area contributed by atoms with Gasteiger partial charge in [0, 0.05) is 25.9 Å². The van der Waals surface area contributed by atoms with Crippen LogP contribution in [0, 0.1) is 0 Å². The number of hydrogen-bond acceptors (Lipinski definition) is 4. The van der Waals surface area contributed by atoms with Crippen molar-refractivity contribution in [1.82, 2.24) is 4.90 Å². The highest BCUT2D eigenvalue weighted by Gasteiger charge is 2.35. The molecule has 0 aromatic rings. The van der Waals surface area contributed by atoms with Gasteiger partial charge in [-0.15, -0.1) is 0 Å². The van der Waals surface area contributed by atoms with Gasteiger partial charge in [0.05, 0.1) is 0 Å². The number of nitrogens with zero attached hydrogens (tertiary/aromatic N) is 1. The van der Waals surface area contributed by atoms with Crippen molar-refractivity contribution in [2.75, 3.05) is 13.1 Å². The van der Waals surface area contributed by atoms with Gasteiger partial charge in [-0.2, -0.15) is 0 Å². The molecule has 1 aliphatic rings. The number of hydrogen-bond donors (Lipinski definition) is 2. The number of carbonyl (C=O) groups is 2. The number of sulfonamides is 1. The van der Waals surface area contributed by atoms with Gasteiger partial charge >= 0.3 is 5.97 Å². The number of rotatable bonds is 5. The Morgan fingerprint density at radius 1 is 1.56 bits per heavy atom. The maximum absolute atomic E-state index is 11.4. The van der Waals surface area contributed by atoms with Crippen molar-refractivity contribution in [3.8, 4) is 0 Å². The molecule has 1 heterocycles. The van der Waals surface area contributed by atoms with Gasteiger partial charge in [-0.1, -0.05) is 0 Å². The molecule has 0 aromatic heterocycles. The molecule has 92 valence electrons. The first-order valence-corrected chi connectivity index (χ1v) is 6.43. The van der Waals surface area contributed by atoms with E-state index in [9.17, 15) is 18.0 Å². The summed E-state index contributed by atoms with van der Waals surface area (Å²) in [5, 5.41) is 12.5. The van der Waals surface area contributed by atoms with E-state index in [0.29, 0.717) is 6.42 Å². The minimum atomic E-state index is -3.69. The van der Waals surface area contributed by atoms with Crippen molar-refractivity contribution < 1.29 is 23.1 Å². The highest BCUT2D eigenvalue weighted by Crippen LogP contribution is 2.16. The Hall–Kier alpha value is -1.15. The van der Waals surface area contributed by atoms with Crippen molar-refractivity contribution in [2.45, 2.75) is 24.5 Å². The molecular formula is C8H14N2O5S. The lowest BCUT2D eigenvalue weighted by molar-refractivity contribution is -0.137. The summed E-state index contributed by atoms with van der Waals surface area (Å²) in [6, 6.07) is 0. The van der Waals surface area contributed by atoms with Gasteiger partial charge in [0.25, 0.3) is 0 Å². The molecule has 0 bridgehead atoms. The number of carboxylic acid groups (broad SMARTS) is 1. The van der Waals surface area contributed by atoms with Crippen molar-refractivity contribution in [3.63, 3.8) is 0 Å². The van der Waals surface area contributed by atoms with Gasteiger partial charge in [0.1, 0.15) is 5.25 Å². The minimum absolute atomic E-state index is 0.0379. The first-order valence-electron chi connectivity index (χ1n) is 4.82. The maximum atomic E-state index is 11.4. The van der Waals surface area contributed by atoms with Gasteiger partial charge in [-0.05, 0) is 6.42 Å². The van der Waals surface area contributed by atoms with Gasteiger partial charge in [0.2, 0.25) is 15.9 Å². The third-order valence-corrected chi connectivity index (χ3v) is 3.71. The number of carbonyl (C=O) groups excluding carboxylic acids is 1. The highest BCUT2D eigenvalue weighted by atomic mass is 32.2. The minimum Gasteiger partial charge on any atom is -0.481 e. The lowest BCUT2D eigenvalue weighted by atomic mass is 10.3. The topological polar surface area (TPSA) is 118 Å². The zero-order chi connectivity index (χ0) is 12.3. The lowest BCUT2D eigenvalue weighted by Gasteiger charge is -2.15. The van der Waals surface area contributed by atoms with Crippen LogP contribution >= 0.6 is 0 Å². The van der Waals surface area contributed by atoms with Gasteiger partial charge in [0.15, 0.2) is 0 Å². The van der Waals surface area contributed by atoms with Crippen molar-refractivity contribution in [3.05, 3.63) is 0 Å². The quantitative estimate of drug-likeness (QED) is 0.631. The van der Waals surface area contributed by atoms with Gasteiger partial charge < -0.3 is 10.0 Å². The summed E-state index contributed by atoms with van der Waals surface area (Å²) in [5.41, 5.74) is 0. The first kappa shape index (κ1) is 12.9. The highest BCUT2D eigenvalue weighted by molar-refractivity contribution is 7.89. The van der Waals surface area contributed by atoms with Crippen molar-refractivity contribution in [1.29, 1.82) is 0 Å². The molecule has 16 heavy (non-hydrogen) atoms. The third kappa shape index (κ3) is 3.46. The normalized spacial score (nSPS) is 21.4. The maximum Gasteiger partial charge on any atom is 0.303 e. The fourth-order valence-electron chi connectivity index (χ4n) is 1.59. The molecule has 8 heteroatoms. The SMILES string of the molecule is NS(=O)(=O)C1CC(=O)N(CCCC(=O)O)C1. The van der Waals surface area contributed by atoms with Crippen LogP contribution in [0.25, 0.3) is 0 Å². The Morgan fingerprint density at radius 2 is 2.19 bits per heavy atom. The fraction of sp³-hybridized carbons (Fsp3) is 0.750. The summed E-state index contributed by atoms with van der Waals surface area (Å²) >= 11 is 0. The summed E-state index contributed by atoms with van der Waals surface area (Å²) in [4.78, 5) is 23.0. The zero-order valence-corrected chi connectivity index (χ0v) is 9.44. The molecule has 0 spiro atoms. The van der Waals surface area contributed by atoms with E-state index >= 15 is 0 Å². The Morgan fingerprint density at radius 3 is 2.62 bits per heavy atom. The van der Waals surface area contributed by atoms with E-state index in [-0.39, 0.29) is 31.8 Å². The summed E-state index contributed by atoms with van der Waals surface area (Å²) < 4.78 is 22.0. The predicted molar refractivity (Wildman–Crippen MR) is 55.0 cm³/mol. The largest absolute Gasteiger partial charge is 0.481 e. The van der Waals surface area contributed by atoms with E-state index < -0.39 is 21.2 Å². The number of carboxylic acids is 1. The van der Waals surface area contributed by atoms with Crippen LogP contribution in [0.1, 0.15) is 19.3 Å². The van der Waals surface area contributed by atoms with Crippen LogP contribution in [0.2, 0.25) is 0 Å². The molecule has 1 aliphatic heterocycles. The number of primary sulfonamides is 1. The van der Waals surface area contributed by atoms with E-state index in [0.717, 1.165) is 0 Å². The molecule has 1 unspecified atom stereocenters. The molecule has 1 saturated heterocycles. The second kappa shape index (κ2) is 4.79. The fourth-order valence-corrected chi connectivity index (χ4v) is 2.36. The molecule has 0 saturated carbocycles. The Kier molecular flexibility index (Phi) is 3.87. The van der Waals surface area contributed by atoms with E-state index in [4.69, 9.17) is 10.2 Å². The first-order chi connectivity index (χ1) is 7.30. The van der Waals surface area contributed by atoms with Crippen LogP contribution < -0.4 is 5.14 Å². The van der Waals surface area contributed by atoms with Crippen LogP contribution in [-0.4, -0.2) is 48.6 Å². The molecule has 3 N–H and O–H groups in total. The zero-order valence-electron chi connectivity index (χ0n) is 8.63. The van der Waals surface area contributed by atoms with Crippen molar-refractivity contribution in [2.24, 2.45) is 5.14 Å². The van der Waals surface area contributed by atoms with E-state index in [1.54, 1.807) is 0 Å². The molecule has 1 rings (SSSR count). The molecule has 1 fully saturated rings. The number of likely N-dealkylation sites (tertiary alicyclic amines) is 1. The Bertz CT molecular complexity index is 391. The number of aliphatic carboxylic acids is 1. The lowest BCUT2D eigenvalue weighted by Crippen LogP contribution is -2.32. The van der Waals surface area contributed by atoms with Gasteiger partial charge in [-0.25, -0.2) is 13.6 Å². The van der Waals surface area contributed by atoms with Crippen LogP contribution in [0.15, 0.2) is 0 Å². The molecule has 0 aromatic carbocycles. The predicted octanol–water partition coefficient (Wildman–Crippen LogP) is -1.26. The Balaban J connectivity index is 2.46. The molecule has 0 radical (unpaired) electrons. The monoisotopic (exact) mass is 250 g/mol. The van der Waals surface area contributed by atoms with E-state index in [1.165, 1.54) is 4.90 Å². The van der Waals surface area contributed by atoms with Crippen LogP contribution in [0.3, 0.4) is 0 Å². The second-order valence-corrected chi connectivity index (χ2v) is 5.60. The van der Waals surface area contributed by atoms with Crippen molar-refractivity contribution >= 4 is 21.9 Å². The summed E-state index contributed by atoms with van der Waals surface area (Å²) in [5.74, 6) is -1.22. The Labute approximate surface area is 93.3 Å². The number of amides is 1.